The van der Waals surface area contributed by atoms with Crippen LogP contribution in [-0.2, 0) is 28.6 Å². The average Bonchev–Trinajstić information content (AvgIpc) is 3.38. The van der Waals surface area contributed by atoms with Crippen LogP contribution in [0.4, 0.5) is 0 Å². The number of carbonyl (C=O) groups excluding carboxylic acids is 3. The molecule has 1 N–H and O–H groups in total. The molecule has 0 amide bonds. The highest BCUT2D eigenvalue weighted by Crippen LogP contribution is 2.57. The lowest BCUT2D eigenvalue weighted by molar-refractivity contribution is -0.202. The Balaban J connectivity index is 2.12. The molecule has 7 atom stereocenters. The van der Waals surface area contributed by atoms with Gasteiger partial charge in [0.2, 0.25) is 0 Å². The van der Waals surface area contributed by atoms with E-state index < -0.39 is 47.5 Å². The lowest BCUT2D eigenvalue weighted by Crippen LogP contribution is -2.63. The third-order valence-electron chi connectivity index (χ3n) is 5.71. The van der Waals surface area contributed by atoms with E-state index in [0.29, 0.717) is 12.9 Å². The Morgan fingerprint density at radius 1 is 1.42 bits per heavy atom. The Morgan fingerprint density at radius 2 is 2.04 bits per heavy atom. The molecule has 2 aliphatic heterocycles. The number of carbonyl (C=O) groups is 3. The summed E-state index contributed by atoms with van der Waals surface area (Å²) >= 11 is 0. The Kier molecular flexibility index (Phi) is 4.40. The van der Waals surface area contributed by atoms with Crippen LogP contribution in [0.2, 0.25) is 0 Å². The third-order valence-corrected chi connectivity index (χ3v) is 5.71. The van der Waals surface area contributed by atoms with Gasteiger partial charge in [-0.3, -0.25) is 4.79 Å². The summed E-state index contributed by atoms with van der Waals surface area (Å²) in [4.78, 5) is 35.8. The highest BCUT2D eigenvalue weighted by Gasteiger charge is 2.68. The summed E-state index contributed by atoms with van der Waals surface area (Å²) in [6.45, 7) is 14.7. The van der Waals surface area contributed by atoms with Gasteiger partial charge in [-0.1, -0.05) is 26.7 Å². The predicted octanol–water partition coefficient (Wildman–Crippen LogP) is 0.723. The summed E-state index contributed by atoms with van der Waals surface area (Å²) in [6, 6.07) is 0. The van der Waals surface area contributed by atoms with Gasteiger partial charge in [0.25, 0.3) is 0 Å². The van der Waals surface area contributed by atoms with E-state index in [1.54, 1.807) is 6.92 Å². The van der Waals surface area contributed by atoms with Gasteiger partial charge < -0.3 is 19.3 Å². The van der Waals surface area contributed by atoms with Crippen LogP contribution in [0.3, 0.4) is 0 Å². The van der Waals surface area contributed by atoms with Gasteiger partial charge in [-0.2, -0.15) is 0 Å². The van der Waals surface area contributed by atoms with E-state index in [0.717, 1.165) is 0 Å². The normalized spacial score (nSPS) is 41.0. The molecule has 2 saturated heterocycles. The first-order valence-electron chi connectivity index (χ1n) is 8.34. The van der Waals surface area contributed by atoms with E-state index in [1.165, 1.54) is 6.92 Å². The van der Waals surface area contributed by atoms with Crippen molar-refractivity contribution in [3.05, 3.63) is 36.5 Å². The first kappa shape index (κ1) is 18.5. The van der Waals surface area contributed by atoms with Crippen LogP contribution < -0.4 is 0 Å². The first-order valence-corrected chi connectivity index (χ1v) is 8.34. The summed E-state index contributed by atoms with van der Waals surface area (Å²) in [5, 5.41) is 11.0. The number of epoxide rings is 1. The number of ether oxygens (including phenoxy) is 3. The van der Waals surface area contributed by atoms with E-state index in [1.807, 2.05) is 0 Å². The third kappa shape index (κ3) is 2.54. The molecule has 0 aromatic heterocycles. The van der Waals surface area contributed by atoms with Crippen molar-refractivity contribution in [3.8, 4) is 0 Å². The van der Waals surface area contributed by atoms with E-state index in [2.05, 4.69) is 19.7 Å². The summed E-state index contributed by atoms with van der Waals surface area (Å²) in [7, 11) is 0. The maximum atomic E-state index is 12.2. The monoisotopic (exact) mass is 362 g/mol. The summed E-state index contributed by atoms with van der Waals surface area (Å²) in [5.41, 5.74) is -0.603. The van der Waals surface area contributed by atoms with Crippen molar-refractivity contribution in [1.82, 2.24) is 0 Å². The van der Waals surface area contributed by atoms with E-state index >= 15 is 0 Å². The van der Waals surface area contributed by atoms with Gasteiger partial charge in [0.1, 0.15) is 18.5 Å². The van der Waals surface area contributed by atoms with E-state index in [-0.39, 0.29) is 22.8 Å². The molecule has 0 radical (unpaired) electrons. The second-order valence-corrected chi connectivity index (χ2v) is 7.38. The van der Waals surface area contributed by atoms with Crippen LogP contribution in [0.5, 0.6) is 0 Å². The fourth-order valence-electron chi connectivity index (χ4n) is 4.26. The van der Waals surface area contributed by atoms with Gasteiger partial charge in [-0.05, 0) is 12.5 Å². The number of hydrogen-bond acceptors (Lipinski definition) is 7. The molecule has 7 unspecified atom stereocenters. The predicted molar refractivity (Wildman–Crippen MR) is 89.8 cm³/mol. The van der Waals surface area contributed by atoms with Crippen LogP contribution in [0, 0.1) is 17.3 Å². The van der Waals surface area contributed by atoms with Crippen molar-refractivity contribution in [2.24, 2.45) is 17.3 Å². The quantitative estimate of drug-likeness (QED) is 0.333. The number of aliphatic hydroxyl groups is 1. The topological polar surface area (TPSA) is 102 Å². The molecule has 3 aliphatic rings. The minimum Gasteiger partial charge on any atom is -0.454 e. The molecule has 7 nitrogen and oxygen atoms in total. The van der Waals surface area contributed by atoms with Crippen LogP contribution in [0.25, 0.3) is 0 Å². The fourth-order valence-corrected chi connectivity index (χ4v) is 4.26. The highest BCUT2D eigenvalue weighted by atomic mass is 16.6. The van der Waals surface area contributed by atoms with Crippen LogP contribution in [0.1, 0.15) is 13.8 Å². The molecule has 3 fully saturated rings. The molecule has 0 aromatic carbocycles. The van der Waals surface area contributed by atoms with Crippen molar-refractivity contribution in [1.29, 1.82) is 0 Å². The molecule has 26 heavy (non-hydrogen) atoms. The number of esters is 2. The van der Waals surface area contributed by atoms with Gasteiger partial charge in [0.05, 0.1) is 24.7 Å². The second-order valence-electron chi connectivity index (χ2n) is 7.38. The number of aliphatic hydroxyl groups excluding tert-OH is 1. The maximum Gasteiger partial charge on any atom is 0.334 e. The Labute approximate surface area is 151 Å². The largest absolute Gasteiger partial charge is 0.454 e. The van der Waals surface area contributed by atoms with Crippen molar-refractivity contribution < 1.29 is 33.7 Å². The Bertz CT molecular complexity index is 719. The van der Waals surface area contributed by atoms with Gasteiger partial charge >= 0.3 is 11.9 Å². The lowest BCUT2D eigenvalue weighted by Gasteiger charge is -2.52. The van der Waals surface area contributed by atoms with Crippen molar-refractivity contribution in [3.63, 3.8) is 0 Å². The van der Waals surface area contributed by atoms with Crippen molar-refractivity contribution in [2.45, 2.75) is 38.3 Å². The van der Waals surface area contributed by atoms with Gasteiger partial charge in [-0.15, -0.1) is 0 Å². The second kappa shape index (κ2) is 6.17. The summed E-state index contributed by atoms with van der Waals surface area (Å²) in [6.07, 6.45) is -2.83. The molecular weight excluding hydrogens is 340 g/mol. The molecule has 1 saturated carbocycles. The Morgan fingerprint density at radius 3 is 2.54 bits per heavy atom. The van der Waals surface area contributed by atoms with Crippen LogP contribution in [-0.4, -0.2) is 54.4 Å². The Hall–Kier alpha value is -2.25. The molecule has 0 aromatic rings. The number of hydrogen-bond donors (Lipinski definition) is 1. The zero-order valence-electron chi connectivity index (χ0n) is 14.8. The molecule has 7 heteroatoms. The summed E-state index contributed by atoms with van der Waals surface area (Å²) < 4.78 is 16.5. The zero-order valence-corrected chi connectivity index (χ0v) is 14.8. The van der Waals surface area contributed by atoms with Crippen molar-refractivity contribution in [2.75, 3.05) is 6.61 Å². The first-order chi connectivity index (χ1) is 12.1. The fraction of sp³-hybridized carbons (Fsp3) is 0.526. The average molecular weight is 362 g/mol. The molecule has 3 rings (SSSR count). The smallest absolute Gasteiger partial charge is 0.334 e. The maximum absolute atomic E-state index is 12.2. The SMILES string of the molecule is C=C(C)C(=O)OC1C2OC(=O)C(=C)C2C(O)C(C(=C)C=O)C1(C)C1CO1. The van der Waals surface area contributed by atoms with E-state index in [4.69, 9.17) is 14.2 Å². The minimum absolute atomic E-state index is 0.0846. The molecule has 0 spiro atoms. The number of aldehydes is 1. The molecule has 1 aliphatic carbocycles. The number of rotatable bonds is 5. The minimum atomic E-state index is -1.15. The summed E-state index contributed by atoms with van der Waals surface area (Å²) in [5.74, 6) is -2.91. The molecule has 140 valence electrons. The van der Waals surface area contributed by atoms with E-state index in [9.17, 15) is 19.5 Å². The van der Waals surface area contributed by atoms with Gasteiger partial charge in [0, 0.05) is 22.5 Å². The van der Waals surface area contributed by atoms with Gasteiger partial charge in [-0.25, -0.2) is 9.59 Å². The van der Waals surface area contributed by atoms with Crippen LogP contribution >= 0.6 is 0 Å². The zero-order chi connectivity index (χ0) is 19.4. The molecule has 0 bridgehead atoms. The standard InChI is InChI=1S/C19H22O7/c1-8(2)17(22)26-16-15-12(10(4)18(23)25-15)14(21)13(9(3)6-20)19(16,5)11-7-24-11/h6,11-16,21H,1,3-4,7H2,2,5H3. The molecular formula is C19H22O7. The number of fused-ring (bicyclic) bond motifs is 1. The van der Waals surface area contributed by atoms with Crippen molar-refractivity contribution >= 4 is 18.2 Å². The highest BCUT2D eigenvalue weighted by molar-refractivity contribution is 5.92. The van der Waals surface area contributed by atoms with Gasteiger partial charge in [0.15, 0.2) is 0 Å². The lowest BCUT2D eigenvalue weighted by atomic mass is 9.56. The van der Waals surface area contributed by atoms with Crippen LogP contribution in [0.15, 0.2) is 36.5 Å². The molecule has 2 heterocycles.